The molecule has 0 bridgehead atoms. The Hall–Kier alpha value is -3.10. The molecule has 0 spiro atoms. The van der Waals surface area contributed by atoms with Crippen molar-refractivity contribution in [1.82, 2.24) is 15.5 Å². The van der Waals surface area contributed by atoms with E-state index in [1.807, 2.05) is 45.9 Å². The van der Waals surface area contributed by atoms with Crippen LogP contribution in [-0.4, -0.2) is 52.4 Å². The van der Waals surface area contributed by atoms with Gasteiger partial charge < -0.3 is 26.0 Å². The van der Waals surface area contributed by atoms with Crippen LogP contribution in [0, 0.1) is 13.8 Å². The van der Waals surface area contributed by atoms with Crippen LogP contribution < -0.4 is 16.4 Å². The fraction of sp³-hybridized carbons (Fsp3) is 0.655. The third-order valence-electron chi connectivity index (χ3n) is 6.90. The lowest BCUT2D eigenvalue weighted by Crippen LogP contribution is -2.56. The molecule has 1 aliphatic carbocycles. The Balaban J connectivity index is 2.50. The van der Waals surface area contributed by atoms with Crippen molar-refractivity contribution >= 4 is 23.8 Å². The monoisotopic (exact) mass is 530 g/mol. The molecule has 1 aromatic carbocycles. The first-order valence-electron chi connectivity index (χ1n) is 13.7. The molecular weight excluding hydrogens is 484 g/mol. The number of hydrogen-bond donors (Lipinski definition) is 3. The maximum atomic E-state index is 14.1. The highest BCUT2D eigenvalue weighted by atomic mass is 16.6. The third kappa shape index (κ3) is 9.03. The number of hydrogen-bond acceptors (Lipinski definition) is 5. The van der Waals surface area contributed by atoms with Crippen molar-refractivity contribution in [3.8, 4) is 0 Å². The molecule has 9 nitrogen and oxygen atoms in total. The molecule has 0 heterocycles. The lowest BCUT2D eigenvalue weighted by Gasteiger charge is -2.38. The summed E-state index contributed by atoms with van der Waals surface area (Å²) in [6.07, 6.45) is 4.17. The second kappa shape index (κ2) is 13.6. The topological polar surface area (TPSA) is 131 Å². The molecule has 0 aromatic heterocycles. The highest BCUT2D eigenvalue weighted by molar-refractivity contribution is 5.93. The van der Waals surface area contributed by atoms with E-state index in [0.29, 0.717) is 0 Å². The highest BCUT2D eigenvalue weighted by Gasteiger charge is 2.39. The van der Waals surface area contributed by atoms with Gasteiger partial charge in [-0.25, -0.2) is 4.79 Å². The van der Waals surface area contributed by atoms with Crippen LogP contribution in [0.15, 0.2) is 18.2 Å². The molecule has 212 valence electrons. The lowest BCUT2D eigenvalue weighted by molar-refractivity contribution is -0.145. The molecule has 2 atom stereocenters. The first-order valence-corrected chi connectivity index (χ1v) is 13.7. The summed E-state index contributed by atoms with van der Waals surface area (Å²) in [7, 11) is 0. The van der Waals surface area contributed by atoms with E-state index in [2.05, 4.69) is 10.6 Å². The largest absolute Gasteiger partial charge is 0.444 e. The minimum Gasteiger partial charge on any atom is -0.444 e. The molecular formula is C29H46N4O5. The van der Waals surface area contributed by atoms with Gasteiger partial charge in [0.15, 0.2) is 0 Å². The zero-order valence-corrected chi connectivity index (χ0v) is 24.1. The molecule has 1 saturated carbocycles. The standard InChI is InChI=1S/C29H46N4O5/c1-18(2)33(27(36)23(16-17-24(30)34)32-28(37)38-29(5,6)7)25(22-15-11-12-19(3)20(22)4)26(35)31-21-13-9-8-10-14-21/h11-12,15,18,21,23,25H,8-10,13-14,16-17H2,1-7H3,(H2,30,34)(H,31,35)(H,32,37). The van der Waals surface area contributed by atoms with E-state index in [9.17, 15) is 19.2 Å². The van der Waals surface area contributed by atoms with Crippen molar-refractivity contribution < 1.29 is 23.9 Å². The molecule has 2 unspecified atom stereocenters. The van der Waals surface area contributed by atoms with Gasteiger partial charge in [-0.3, -0.25) is 14.4 Å². The number of nitrogens with zero attached hydrogens (tertiary/aromatic N) is 1. The van der Waals surface area contributed by atoms with Gasteiger partial charge in [-0.1, -0.05) is 37.5 Å². The number of carbonyl (C=O) groups is 4. The van der Waals surface area contributed by atoms with Crippen LogP contribution in [-0.2, 0) is 19.1 Å². The molecule has 1 aromatic rings. The van der Waals surface area contributed by atoms with Crippen LogP contribution in [0.25, 0.3) is 0 Å². The minimum absolute atomic E-state index is 0.0135. The zero-order valence-electron chi connectivity index (χ0n) is 24.1. The number of primary amides is 1. The number of amides is 4. The summed E-state index contributed by atoms with van der Waals surface area (Å²) in [6.45, 7) is 12.7. The number of nitrogens with two attached hydrogens (primary N) is 1. The van der Waals surface area contributed by atoms with Crippen molar-refractivity contribution in [2.45, 2.75) is 123 Å². The van der Waals surface area contributed by atoms with Crippen LogP contribution >= 0.6 is 0 Å². The van der Waals surface area contributed by atoms with Crippen LogP contribution in [0.1, 0.15) is 102 Å². The number of carbonyl (C=O) groups excluding carboxylic acids is 4. The Kier molecular flexibility index (Phi) is 11.2. The molecule has 2 rings (SSSR count). The number of alkyl carbamates (subject to hydrolysis) is 1. The quantitative estimate of drug-likeness (QED) is 0.417. The molecule has 4 N–H and O–H groups in total. The summed E-state index contributed by atoms with van der Waals surface area (Å²) in [5.41, 5.74) is 7.25. The van der Waals surface area contributed by atoms with Crippen LogP contribution in [0.3, 0.4) is 0 Å². The summed E-state index contributed by atoms with van der Waals surface area (Å²) in [5.74, 6) is -1.32. The maximum Gasteiger partial charge on any atom is 0.408 e. The minimum atomic E-state index is -1.10. The average molecular weight is 531 g/mol. The number of ether oxygens (including phenoxy) is 1. The second-order valence-electron chi connectivity index (χ2n) is 11.6. The molecule has 0 aliphatic heterocycles. The van der Waals surface area contributed by atoms with Crippen molar-refractivity contribution in [2.24, 2.45) is 5.73 Å². The Morgan fingerprint density at radius 1 is 1.08 bits per heavy atom. The molecule has 38 heavy (non-hydrogen) atoms. The Labute approximate surface area is 227 Å². The third-order valence-corrected chi connectivity index (χ3v) is 6.90. The van der Waals surface area contributed by atoms with Gasteiger partial charge in [0.25, 0.3) is 0 Å². The van der Waals surface area contributed by atoms with E-state index in [1.54, 1.807) is 20.8 Å². The maximum absolute atomic E-state index is 14.1. The van der Waals surface area contributed by atoms with Gasteiger partial charge in [0, 0.05) is 18.5 Å². The summed E-state index contributed by atoms with van der Waals surface area (Å²) in [6, 6.07) is 3.37. The van der Waals surface area contributed by atoms with Crippen LogP contribution in [0.4, 0.5) is 4.79 Å². The van der Waals surface area contributed by atoms with Crippen molar-refractivity contribution in [3.63, 3.8) is 0 Å². The molecule has 1 aliphatic rings. The van der Waals surface area contributed by atoms with E-state index in [4.69, 9.17) is 10.5 Å². The van der Waals surface area contributed by atoms with Gasteiger partial charge in [-0.05, 0) is 84.4 Å². The van der Waals surface area contributed by atoms with E-state index in [0.717, 1.165) is 48.8 Å². The number of rotatable bonds is 10. The van der Waals surface area contributed by atoms with Gasteiger partial charge in [-0.15, -0.1) is 0 Å². The van der Waals surface area contributed by atoms with Crippen molar-refractivity contribution in [3.05, 3.63) is 34.9 Å². The van der Waals surface area contributed by atoms with Gasteiger partial charge >= 0.3 is 6.09 Å². The summed E-state index contributed by atoms with van der Waals surface area (Å²) >= 11 is 0. The average Bonchev–Trinajstić information content (AvgIpc) is 2.81. The van der Waals surface area contributed by atoms with Crippen LogP contribution in [0.5, 0.6) is 0 Å². The normalized spacial score (nSPS) is 15.9. The van der Waals surface area contributed by atoms with Crippen molar-refractivity contribution in [2.75, 3.05) is 0 Å². The predicted octanol–water partition coefficient (Wildman–Crippen LogP) is 4.19. The van der Waals surface area contributed by atoms with Crippen molar-refractivity contribution in [1.29, 1.82) is 0 Å². The SMILES string of the molecule is Cc1cccc(C(C(=O)NC2CCCCC2)N(C(=O)C(CCC(N)=O)NC(=O)OC(C)(C)C)C(C)C)c1C. The Morgan fingerprint density at radius 3 is 2.26 bits per heavy atom. The van der Waals surface area contributed by atoms with E-state index in [1.165, 1.54) is 4.90 Å². The van der Waals surface area contributed by atoms with Crippen LogP contribution in [0.2, 0.25) is 0 Å². The molecule has 4 amide bonds. The van der Waals surface area contributed by atoms with E-state index < -0.39 is 35.6 Å². The molecule has 9 heteroatoms. The number of aryl methyl sites for hydroxylation is 1. The zero-order chi connectivity index (χ0) is 28.6. The number of nitrogens with one attached hydrogen (secondary N) is 2. The molecule has 0 radical (unpaired) electrons. The highest BCUT2D eigenvalue weighted by Crippen LogP contribution is 2.30. The predicted molar refractivity (Wildman–Crippen MR) is 147 cm³/mol. The smallest absolute Gasteiger partial charge is 0.408 e. The summed E-state index contributed by atoms with van der Waals surface area (Å²) in [5, 5.41) is 5.82. The summed E-state index contributed by atoms with van der Waals surface area (Å²) < 4.78 is 5.38. The van der Waals surface area contributed by atoms with E-state index in [-0.39, 0.29) is 30.8 Å². The Bertz CT molecular complexity index is 995. The van der Waals surface area contributed by atoms with Gasteiger partial charge in [0.05, 0.1) is 0 Å². The molecule has 0 saturated heterocycles. The first-order chi connectivity index (χ1) is 17.7. The fourth-order valence-corrected chi connectivity index (χ4v) is 4.87. The summed E-state index contributed by atoms with van der Waals surface area (Å²) in [4.78, 5) is 53.8. The van der Waals surface area contributed by atoms with Gasteiger partial charge in [-0.2, -0.15) is 0 Å². The fourth-order valence-electron chi connectivity index (χ4n) is 4.87. The van der Waals surface area contributed by atoms with Gasteiger partial charge in [0.2, 0.25) is 17.7 Å². The number of benzene rings is 1. The Morgan fingerprint density at radius 2 is 1.71 bits per heavy atom. The molecule has 1 fully saturated rings. The lowest BCUT2D eigenvalue weighted by atomic mass is 9.92. The second-order valence-corrected chi connectivity index (χ2v) is 11.6. The van der Waals surface area contributed by atoms with E-state index >= 15 is 0 Å². The van der Waals surface area contributed by atoms with Gasteiger partial charge in [0.1, 0.15) is 17.7 Å². The first kappa shape index (κ1) is 31.1.